The van der Waals surface area contributed by atoms with Crippen LogP contribution in [-0.4, -0.2) is 51.4 Å². The van der Waals surface area contributed by atoms with Gasteiger partial charge in [0.05, 0.1) is 12.4 Å². The predicted octanol–water partition coefficient (Wildman–Crippen LogP) is 4.63. The van der Waals surface area contributed by atoms with Crippen LogP contribution in [0.2, 0.25) is 0 Å². The minimum atomic E-state index is -0.554. The minimum absolute atomic E-state index is 0.0231. The van der Waals surface area contributed by atoms with Crippen molar-refractivity contribution in [1.29, 1.82) is 0 Å². The molecular formula is C28H39F2N5O2. The number of fused-ring (bicyclic) bond motifs is 1. The van der Waals surface area contributed by atoms with Crippen LogP contribution in [0.25, 0.3) is 0 Å². The number of carbonyl (C=O) groups excluding carboxylic acids is 2. The average Bonchev–Trinajstić information content (AvgIpc) is 3.27. The molecular weight excluding hydrogens is 476 g/mol. The van der Waals surface area contributed by atoms with Gasteiger partial charge in [-0.25, -0.2) is 13.8 Å². The number of aryl methyl sites for hydroxylation is 1. The number of aromatic nitrogens is 2. The highest BCUT2D eigenvalue weighted by molar-refractivity contribution is 5.94. The molecule has 1 fully saturated rings. The van der Waals surface area contributed by atoms with Crippen molar-refractivity contribution in [2.75, 3.05) is 18.4 Å². The Morgan fingerprint density at radius 1 is 1.24 bits per heavy atom. The zero-order valence-corrected chi connectivity index (χ0v) is 22.3. The normalized spacial score (nSPS) is 21.0. The van der Waals surface area contributed by atoms with Crippen molar-refractivity contribution in [3.8, 4) is 0 Å². The van der Waals surface area contributed by atoms with Crippen LogP contribution < -0.4 is 10.6 Å². The highest BCUT2D eigenvalue weighted by Crippen LogP contribution is 2.28. The van der Waals surface area contributed by atoms with Crippen molar-refractivity contribution in [3.63, 3.8) is 0 Å². The Labute approximate surface area is 218 Å². The maximum Gasteiger partial charge on any atom is 0.245 e. The number of hydrogen-bond acceptors (Lipinski definition) is 4. The number of carbonyl (C=O) groups is 2. The van der Waals surface area contributed by atoms with E-state index in [0.29, 0.717) is 49.2 Å². The number of amides is 2. The summed E-state index contributed by atoms with van der Waals surface area (Å²) in [6, 6.07) is 1.46. The third-order valence-electron chi connectivity index (χ3n) is 7.18. The zero-order chi connectivity index (χ0) is 26.7. The third-order valence-corrected chi connectivity index (χ3v) is 7.18. The van der Waals surface area contributed by atoms with E-state index in [9.17, 15) is 18.4 Å². The molecule has 0 spiro atoms. The van der Waals surface area contributed by atoms with Crippen LogP contribution in [-0.2, 0) is 22.4 Å². The molecule has 0 saturated carbocycles. The molecule has 1 aliphatic heterocycles. The molecule has 2 aliphatic rings. The summed E-state index contributed by atoms with van der Waals surface area (Å²) < 4.78 is 29.7. The fourth-order valence-corrected chi connectivity index (χ4v) is 5.50. The zero-order valence-electron chi connectivity index (χ0n) is 22.3. The monoisotopic (exact) mass is 515 g/mol. The van der Waals surface area contributed by atoms with Crippen LogP contribution in [0.5, 0.6) is 0 Å². The predicted molar refractivity (Wildman–Crippen MR) is 139 cm³/mol. The first kappa shape index (κ1) is 27.2. The van der Waals surface area contributed by atoms with Gasteiger partial charge in [-0.2, -0.15) is 0 Å². The van der Waals surface area contributed by atoms with E-state index >= 15 is 0 Å². The van der Waals surface area contributed by atoms with Crippen LogP contribution in [0, 0.1) is 17.0 Å². The number of hydrogen-bond donors (Lipinski definition) is 2. The van der Waals surface area contributed by atoms with Crippen molar-refractivity contribution >= 4 is 17.6 Å². The van der Waals surface area contributed by atoms with Gasteiger partial charge in [-0.05, 0) is 61.1 Å². The molecule has 1 aromatic carbocycles. The summed E-state index contributed by atoms with van der Waals surface area (Å²) in [5.74, 6) is -0.790. The molecule has 1 aromatic heterocycles. The molecule has 2 amide bonds. The Morgan fingerprint density at radius 2 is 2.03 bits per heavy atom. The maximum absolute atomic E-state index is 14.3. The number of imidazole rings is 1. The molecule has 2 aromatic rings. The molecule has 4 rings (SSSR count). The van der Waals surface area contributed by atoms with Crippen LogP contribution in [0.15, 0.2) is 24.7 Å². The van der Waals surface area contributed by atoms with Gasteiger partial charge in [-0.3, -0.25) is 9.59 Å². The quantitative estimate of drug-likeness (QED) is 0.538. The second-order valence-corrected chi connectivity index (χ2v) is 11.6. The number of rotatable bonds is 8. The van der Waals surface area contributed by atoms with Gasteiger partial charge in [-0.15, -0.1) is 0 Å². The van der Waals surface area contributed by atoms with Gasteiger partial charge in [0.25, 0.3) is 0 Å². The molecule has 202 valence electrons. The molecule has 9 heteroatoms. The first-order valence-corrected chi connectivity index (χ1v) is 13.4. The fourth-order valence-electron chi connectivity index (χ4n) is 5.50. The SMILES string of the molecule is CCC[C@H](N[C@H]1CCc2cc(F)cc(F)c2C1)C(=O)Nc1cn(C2CCCN(CC(C)(C)C)C2=O)cn1. The second kappa shape index (κ2) is 11.3. The summed E-state index contributed by atoms with van der Waals surface area (Å²) in [5, 5.41) is 6.29. The van der Waals surface area contributed by atoms with Gasteiger partial charge < -0.3 is 20.1 Å². The molecule has 1 saturated heterocycles. The highest BCUT2D eigenvalue weighted by atomic mass is 19.1. The molecule has 2 heterocycles. The number of piperidine rings is 1. The summed E-state index contributed by atoms with van der Waals surface area (Å²) in [7, 11) is 0. The lowest BCUT2D eigenvalue weighted by Crippen LogP contribution is -2.48. The van der Waals surface area contributed by atoms with Crippen LogP contribution in [0.3, 0.4) is 0 Å². The molecule has 0 bridgehead atoms. The molecule has 3 atom stereocenters. The standard InChI is InChI=1S/C28H39F2N5O2/c1-5-7-23(32-20-10-9-18-12-19(29)13-22(30)21(18)14-20)26(36)33-25-15-35(17-31-25)24-8-6-11-34(27(24)37)16-28(2,3)4/h12-13,15,17,20,23-24,32H,5-11,14,16H2,1-4H3,(H,33,36)/t20-,23-,24?/m0/s1. The Bertz CT molecular complexity index is 1130. The van der Waals surface area contributed by atoms with E-state index in [2.05, 4.69) is 36.4 Å². The van der Waals surface area contributed by atoms with Gasteiger partial charge in [0, 0.05) is 31.4 Å². The van der Waals surface area contributed by atoms with Crippen molar-refractivity contribution in [2.45, 2.75) is 90.8 Å². The topological polar surface area (TPSA) is 79.3 Å². The largest absolute Gasteiger partial charge is 0.340 e. The Morgan fingerprint density at radius 3 is 2.76 bits per heavy atom. The van der Waals surface area contributed by atoms with E-state index < -0.39 is 17.7 Å². The third kappa shape index (κ3) is 6.74. The molecule has 7 nitrogen and oxygen atoms in total. The number of benzene rings is 1. The van der Waals surface area contributed by atoms with Gasteiger partial charge in [0.2, 0.25) is 11.8 Å². The second-order valence-electron chi connectivity index (χ2n) is 11.6. The van der Waals surface area contributed by atoms with E-state index in [1.54, 1.807) is 17.1 Å². The maximum atomic E-state index is 14.3. The van der Waals surface area contributed by atoms with Crippen molar-refractivity contribution in [2.24, 2.45) is 5.41 Å². The first-order valence-electron chi connectivity index (χ1n) is 13.4. The molecule has 2 N–H and O–H groups in total. The van der Waals surface area contributed by atoms with Crippen LogP contribution in [0.4, 0.5) is 14.6 Å². The molecule has 0 radical (unpaired) electrons. The van der Waals surface area contributed by atoms with E-state index in [0.717, 1.165) is 31.9 Å². The smallest absolute Gasteiger partial charge is 0.245 e. The molecule has 37 heavy (non-hydrogen) atoms. The van der Waals surface area contributed by atoms with E-state index in [4.69, 9.17) is 0 Å². The van der Waals surface area contributed by atoms with E-state index in [-0.39, 0.29) is 29.3 Å². The lowest BCUT2D eigenvalue weighted by molar-refractivity contribution is -0.139. The molecule has 1 unspecified atom stereocenters. The highest BCUT2D eigenvalue weighted by Gasteiger charge is 2.32. The van der Waals surface area contributed by atoms with Gasteiger partial charge in [-0.1, -0.05) is 34.1 Å². The Hall–Kier alpha value is -2.81. The van der Waals surface area contributed by atoms with Crippen LogP contribution >= 0.6 is 0 Å². The number of nitrogens with zero attached hydrogens (tertiary/aromatic N) is 3. The average molecular weight is 516 g/mol. The van der Waals surface area contributed by atoms with E-state index in [1.165, 1.54) is 6.07 Å². The van der Waals surface area contributed by atoms with Crippen molar-refractivity contribution in [3.05, 3.63) is 47.4 Å². The molecule has 1 aliphatic carbocycles. The fraction of sp³-hybridized carbons (Fsp3) is 0.607. The summed E-state index contributed by atoms with van der Waals surface area (Å²) in [6.45, 7) is 9.84. The van der Waals surface area contributed by atoms with E-state index in [1.807, 2.05) is 11.8 Å². The van der Waals surface area contributed by atoms with Crippen molar-refractivity contribution in [1.82, 2.24) is 19.8 Å². The Kier molecular flexibility index (Phi) is 8.31. The summed E-state index contributed by atoms with van der Waals surface area (Å²) in [4.78, 5) is 32.6. The van der Waals surface area contributed by atoms with Gasteiger partial charge in [0.15, 0.2) is 5.82 Å². The summed E-state index contributed by atoms with van der Waals surface area (Å²) >= 11 is 0. The Balaban J connectivity index is 1.39. The number of halogens is 2. The van der Waals surface area contributed by atoms with Crippen LogP contribution in [0.1, 0.15) is 77.0 Å². The van der Waals surface area contributed by atoms with Crippen molar-refractivity contribution < 1.29 is 18.4 Å². The minimum Gasteiger partial charge on any atom is -0.340 e. The number of likely N-dealkylation sites (tertiary alicyclic amines) is 1. The van der Waals surface area contributed by atoms with Gasteiger partial charge in [0.1, 0.15) is 17.7 Å². The lowest BCUT2D eigenvalue weighted by Gasteiger charge is -2.36. The lowest BCUT2D eigenvalue weighted by atomic mass is 9.87. The summed E-state index contributed by atoms with van der Waals surface area (Å²) in [6.07, 6.45) is 8.10. The number of nitrogens with one attached hydrogen (secondary N) is 2. The first-order chi connectivity index (χ1) is 17.5. The number of anilines is 1. The summed E-state index contributed by atoms with van der Waals surface area (Å²) in [5.41, 5.74) is 1.25. The van der Waals surface area contributed by atoms with Gasteiger partial charge >= 0.3 is 0 Å².